The van der Waals surface area contributed by atoms with Crippen LogP contribution < -0.4 is 5.32 Å². The van der Waals surface area contributed by atoms with Gasteiger partial charge in [-0.15, -0.1) is 11.8 Å². The number of hydrogen-bond donors (Lipinski definition) is 2. The van der Waals surface area contributed by atoms with E-state index < -0.39 is 0 Å². The van der Waals surface area contributed by atoms with E-state index in [0.717, 1.165) is 27.9 Å². The van der Waals surface area contributed by atoms with Gasteiger partial charge in [-0.3, -0.25) is 0 Å². The van der Waals surface area contributed by atoms with Gasteiger partial charge in [0.1, 0.15) is 10.5 Å². The molecule has 1 aliphatic rings. The molecule has 96 valence electrons. The van der Waals surface area contributed by atoms with E-state index in [1.807, 2.05) is 18.8 Å². The highest BCUT2D eigenvalue weighted by molar-refractivity contribution is 7.99. The van der Waals surface area contributed by atoms with Gasteiger partial charge in [-0.2, -0.15) is 4.98 Å². The van der Waals surface area contributed by atoms with Gasteiger partial charge in [0, 0.05) is 12.8 Å². The van der Waals surface area contributed by atoms with Crippen molar-refractivity contribution in [2.45, 2.75) is 30.7 Å². The van der Waals surface area contributed by atoms with Gasteiger partial charge in [-0.1, -0.05) is 12.8 Å². The second-order valence-corrected chi connectivity index (χ2v) is 5.67. The highest BCUT2D eigenvalue weighted by Gasteiger charge is 2.17. The fraction of sp³-hybridized carbons (Fsp3) is 0.583. The molecule has 5 nitrogen and oxygen atoms in total. The van der Waals surface area contributed by atoms with Crippen LogP contribution in [0.4, 0.5) is 5.95 Å². The van der Waals surface area contributed by atoms with E-state index in [9.17, 15) is 0 Å². The third kappa shape index (κ3) is 2.29. The zero-order chi connectivity index (χ0) is 12.4. The fourth-order valence-electron chi connectivity index (χ4n) is 2.40. The molecular weight excluding hydrogens is 246 g/mol. The van der Waals surface area contributed by atoms with Gasteiger partial charge >= 0.3 is 0 Å². The predicted molar refractivity (Wildman–Crippen MR) is 73.9 cm³/mol. The maximum atomic E-state index is 4.52. The van der Waals surface area contributed by atoms with Gasteiger partial charge in [0.05, 0.1) is 6.33 Å². The van der Waals surface area contributed by atoms with Gasteiger partial charge in [0.15, 0.2) is 5.65 Å². The van der Waals surface area contributed by atoms with E-state index in [1.54, 1.807) is 6.33 Å². The van der Waals surface area contributed by atoms with Crippen LogP contribution in [0.25, 0.3) is 11.2 Å². The maximum Gasteiger partial charge on any atom is 0.225 e. The largest absolute Gasteiger partial charge is 0.357 e. The first-order chi connectivity index (χ1) is 8.86. The van der Waals surface area contributed by atoms with Crippen LogP contribution in [0, 0.1) is 5.92 Å². The SMILES string of the molecule is CNc1nc(SCC2CCCC2)c2[nH]cnc2n1. The lowest BCUT2D eigenvalue weighted by Crippen LogP contribution is -2.01. The Kier molecular flexibility index (Phi) is 3.36. The molecule has 0 radical (unpaired) electrons. The summed E-state index contributed by atoms with van der Waals surface area (Å²) in [5.41, 5.74) is 1.69. The molecule has 18 heavy (non-hydrogen) atoms. The smallest absolute Gasteiger partial charge is 0.225 e. The normalized spacial score (nSPS) is 16.5. The van der Waals surface area contributed by atoms with Gasteiger partial charge in [-0.25, -0.2) is 9.97 Å². The molecule has 0 saturated heterocycles. The van der Waals surface area contributed by atoms with Gasteiger partial charge < -0.3 is 10.3 Å². The van der Waals surface area contributed by atoms with Crippen molar-refractivity contribution in [3.8, 4) is 0 Å². The van der Waals surface area contributed by atoms with E-state index in [-0.39, 0.29) is 0 Å². The molecule has 1 fully saturated rings. The number of nitrogens with zero attached hydrogens (tertiary/aromatic N) is 3. The summed E-state index contributed by atoms with van der Waals surface area (Å²) in [6.45, 7) is 0. The molecule has 2 aromatic heterocycles. The number of anilines is 1. The van der Waals surface area contributed by atoms with Crippen LogP contribution in [-0.2, 0) is 0 Å². The van der Waals surface area contributed by atoms with Crippen LogP contribution in [0.15, 0.2) is 11.4 Å². The summed E-state index contributed by atoms with van der Waals surface area (Å²) in [6, 6.07) is 0. The zero-order valence-electron chi connectivity index (χ0n) is 10.4. The molecule has 0 aliphatic heterocycles. The molecule has 1 saturated carbocycles. The summed E-state index contributed by atoms with van der Waals surface area (Å²) >= 11 is 1.82. The van der Waals surface area contributed by atoms with Crippen LogP contribution in [0.1, 0.15) is 25.7 Å². The molecule has 0 unspecified atom stereocenters. The van der Waals surface area contributed by atoms with Gasteiger partial charge in [0.2, 0.25) is 5.95 Å². The molecule has 6 heteroatoms. The van der Waals surface area contributed by atoms with Crippen molar-refractivity contribution >= 4 is 28.9 Å². The minimum Gasteiger partial charge on any atom is -0.357 e. The standard InChI is InChI=1S/C12H17N5S/c1-13-12-16-10-9(14-7-15-10)11(17-12)18-6-8-4-2-3-5-8/h7-8H,2-6H2,1H3,(H2,13,14,15,16,17). The fourth-order valence-corrected chi connectivity index (χ4v) is 3.57. The van der Waals surface area contributed by atoms with Crippen LogP contribution in [-0.4, -0.2) is 32.7 Å². The molecule has 3 rings (SSSR count). The topological polar surface area (TPSA) is 66.5 Å². The molecule has 2 heterocycles. The number of nitrogens with one attached hydrogen (secondary N) is 2. The highest BCUT2D eigenvalue weighted by atomic mass is 32.2. The first-order valence-electron chi connectivity index (χ1n) is 6.38. The minimum atomic E-state index is 0.642. The lowest BCUT2D eigenvalue weighted by Gasteiger charge is -2.08. The maximum absolute atomic E-state index is 4.52. The van der Waals surface area contributed by atoms with E-state index in [1.165, 1.54) is 25.7 Å². The molecule has 0 spiro atoms. The van der Waals surface area contributed by atoms with E-state index in [4.69, 9.17) is 0 Å². The van der Waals surface area contributed by atoms with Crippen molar-refractivity contribution in [1.29, 1.82) is 0 Å². The van der Waals surface area contributed by atoms with Crippen molar-refractivity contribution in [2.24, 2.45) is 5.92 Å². The minimum absolute atomic E-state index is 0.642. The molecule has 2 aromatic rings. The van der Waals surface area contributed by atoms with Crippen molar-refractivity contribution in [1.82, 2.24) is 19.9 Å². The Balaban J connectivity index is 1.82. The Morgan fingerprint density at radius 3 is 3.00 bits per heavy atom. The lowest BCUT2D eigenvalue weighted by molar-refractivity contribution is 0.623. The number of rotatable bonds is 4. The first-order valence-corrected chi connectivity index (χ1v) is 7.37. The summed E-state index contributed by atoms with van der Waals surface area (Å²) < 4.78 is 0. The van der Waals surface area contributed by atoms with E-state index in [0.29, 0.717) is 5.95 Å². The van der Waals surface area contributed by atoms with Crippen molar-refractivity contribution < 1.29 is 0 Å². The summed E-state index contributed by atoms with van der Waals surface area (Å²) in [7, 11) is 1.83. The third-order valence-electron chi connectivity index (χ3n) is 3.41. The monoisotopic (exact) mass is 263 g/mol. The molecule has 0 atom stereocenters. The number of aromatic nitrogens is 4. The number of aromatic amines is 1. The molecule has 0 amide bonds. The van der Waals surface area contributed by atoms with Crippen LogP contribution >= 0.6 is 11.8 Å². The predicted octanol–water partition coefficient (Wildman–Crippen LogP) is 2.68. The number of hydrogen-bond acceptors (Lipinski definition) is 5. The Hall–Kier alpha value is -1.30. The molecular formula is C12H17N5S. The second-order valence-electron chi connectivity index (χ2n) is 4.66. The lowest BCUT2D eigenvalue weighted by atomic mass is 10.1. The average Bonchev–Trinajstić information content (AvgIpc) is 3.06. The number of fused-ring (bicyclic) bond motifs is 1. The number of thioether (sulfide) groups is 1. The number of H-pyrrole nitrogens is 1. The first kappa shape index (κ1) is 11.8. The van der Waals surface area contributed by atoms with Crippen LogP contribution in [0.3, 0.4) is 0 Å². The van der Waals surface area contributed by atoms with E-state index in [2.05, 4.69) is 25.3 Å². The van der Waals surface area contributed by atoms with Gasteiger partial charge in [0.25, 0.3) is 0 Å². The van der Waals surface area contributed by atoms with E-state index >= 15 is 0 Å². The molecule has 0 aromatic carbocycles. The summed E-state index contributed by atoms with van der Waals surface area (Å²) in [6.07, 6.45) is 7.18. The summed E-state index contributed by atoms with van der Waals surface area (Å²) in [5, 5.41) is 4.00. The second kappa shape index (κ2) is 5.14. The number of imidazole rings is 1. The van der Waals surface area contributed by atoms with Crippen LogP contribution in [0.5, 0.6) is 0 Å². The summed E-state index contributed by atoms with van der Waals surface area (Å²) in [5.74, 6) is 2.64. The molecule has 1 aliphatic carbocycles. The molecule has 0 bridgehead atoms. The average molecular weight is 263 g/mol. The van der Waals surface area contributed by atoms with Crippen LogP contribution in [0.2, 0.25) is 0 Å². The third-order valence-corrected chi connectivity index (χ3v) is 4.61. The van der Waals surface area contributed by atoms with Crippen molar-refractivity contribution in [2.75, 3.05) is 18.1 Å². The highest BCUT2D eigenvalue weighted by Crippen LogP contribution is 2.32. The zero-order valence-corrected chi connectivity index (χ0v) is 11.3. The summed E-state index contributed by atoms with van der Waals surface area (Å²) in [4.78, 5) is 16.2. The quantitative estimate of drug-likeness (QED) is 0.656. The Bertz CT molecular complexity index is 532. The van der Waals surface area contributed by atoms with Gasteiger partial charge in [-0.05, 0) is 18.8 Å². The van der Waals surface area contributed by atoms with Crippen molar-refractivity contribution in [3.63, 3.8) is 0 Å². The molecule has 2 N–H and O–H groups in total. The van der Waals surface area contributed by atoms with Crippen molar-refractivity contribution in [3.05, 3.63) is 6.33 Å². The Morgan fingerprint density at radius 2 is 2.22 bits per heavy atom. The Labute approximate surface area is 110 Å². The Morgan fingerprint density at radius 1 is 1.39 bits per heavy atom.